The van der Waals surface area contributed by atoms with Gasteiger partial charge >= 0.3 is 17.9 Å². The molecule has 0 N–H and O–H groups in total. The molecule has 0 aliphatic carbocycles. The van der Waals surface area contributed by atoms with Gasteiger partial charge in [-0.2, -0.15) is 0 Å². The Bertz CT molecular complexity index is 1230. The zero-order valence-electron chi connectivity index (χ0n) is 47.5. The van der Waals surface area contributed by atoms with Gasteiger partial charge in [-0.05, 0) is 57.8 Å². The topological polar surface area (TPSA) is 78.9 Å². The molecule has 0 saturated heterocycles. The second-order valence-electron chi connectivity index (χ2n) is 21.0. The number of carbonyl (C=O) groups is 3. The van der Waals surface area contributed by atoms with E-state index in [0.717, 1.165) is 77.0 Å². The number of hydrogen-bond donors (Lipinski definition) is 0. The fourth-order valence-corrected chi connectivity index (χ4v) is 9.20. The summed E-state index contributed by atoms with van der Waals surface area (Å²) in [6.07, 6.45) is 74.4. The molecule has 0 aliphatic heterocycles. The van der Waals surface area contributed by atoms with Crippen molar-refractivity contribution in [2.45, 2.75) is 335 Å². The van der Waals surface area contributed by atoms with E-state index in [4.69, 9.17) is 14.2 Å². The average molecular weight is 996 g/mol. The lowest BCUT2D eigenvalue weighted by atomic mass is 10.0. The fraction of sp³-hybridized carbons (Fsp3) is 0.831. The minimum atomic E-state index is -0.790. The Morgan fingerprint density at radius 3 is 0.859 bits per heavy atom. The van der Waals surface area contributed by atoms with E-state index in [-0.39, 0.29) is 37.5 Å². The minimum Gasteiger partial charge on any atom is -0.462 e. The van der Waals surface area contributed by atoms with Gasteiger partial charge in [-0.15, -0.1) is 0 Å². The predicted octanol–water partition coefficient (Wildman–Crippen LogP) is 21.0. The summed E-state index contributed by atoms with van der Waals surface area (Å²) in [5.74, 6) is -0.915. The van der Waals surface area contributed by atoms with E-state index in [9.17, 15) is 14.4 Å². The van der Waals surface area contributed by atoms with Gasteiger partial charge in [0.1, 0.15) is 13.2 Å². The third-order valence-corrected chi connectivity index (χ3v) is 13.8. The van der Waals surface area contributed by atoms with E-state index in [1.54, 1.807) is 0 Å². The molecule has 0 aromatic rings. The van der Waals surface area contributed by atoms with Crippen LogP contribution in [0.15, 0.2) is 48.6 Å². The molecule has 0 aromatic heterocycles. The van der Waals surface area contributed by atoms with Crippen LogP contribution in [0.25, 0.3) is 0 Å². The summed E-state index contributed by atoms with van der Waals surface area (Å²) >= 11 is 0. The van der Waals surface area contributed by atoms with Gasteiger partial charge in [-0.1, -0.05) is 301 Å². The van der Waals surface area contributed by atoms with E-state index in [1.807, 2.05) is 0 Å². The molecule has 1 atom stereocenters. The van der Waals surface area contributed by atoms with E-state index in [0.29, 0.717) is 19.3 Å². The zero-order valence-corrected chi connectivity index (χ0v) is 47.5. The highest BCUT2D eigenvalue weighted by Crippen LogP contribution is 2.18. The van der Waals surface area contributed by atoms with Crippen LogP contribution in [-0.2, 0) is 28.6 Å². The van der Waals surface area contributed by atoms with E-state index in [2.05, 4.69) is 69.4 Å². The third-order valence-electron chi connectivity index (χ3n) is 13.8. The normalized spacial score (nSPS) is 12.3. The molecule has 0 radical (unpaired) electrons. The maximum Gasteiger partial charge on any atom is 0.306 e. The second-order valence-corrected chi connectivity index (χ2v) is 21.0. The first-order valence-electron chi connectivity index (χ1n) is 31.1. The standard InChI is InChI=1S/C65H118O6/c1-4-7-10-13-16-19-21-23-25-26-27-28-29-30-31-32-33-34-35-36-37-38-40-41-43-46-49-52-55-58-64(67)70-61-62(60-69-63(66)57-54-51-48-45-18-15-12-9-6-3)71-65(68)59-56-53-50-47-44-42-39-24-22-20-17-14-11-8-5-2/h8,11,17,20,24,39,44,47,62H,4-7,9-10,12-16,18-19,21-23,25-38,40-43,45-46,48-61H2,1-3H3/b11-8-,20-17-,39-24-,47-44-. The number of hydrogen-bond acceptors (Lipinski definition) is 6. The molecule has 71 heavy (non-hydrogen) atoms. The highest BCUT2D eigenvalue weighted by atomic mass is 16.6. The van der Waals surface area contributed by atoms with Crippen LogP contribution < -0.4 is 0 Å². The van der Waals surface area contributed by atoms with Crippen molar-refractivity contribution in [3.8, 4) is 0 Å². The molecule has 0 amide bonds. The van der Waals surface area contributed by atoms with Crippen molar-refractivity contribution in [3.63, 3.8) is 0 Å². The average Bonchev–Trinajstić information content (AvgIpc) is 3.37. The van der Waals surface area contributed by atoms with Crippen LogP contribution in [0, 0.1) is 0 Å². The van der Waals surface area contributed by atoms with E-state index >= 15 is 0 Å². The highest BCUT2D eigenvalue weighted by molar-refractivity contribution is 5.71. The Labute approximate surface area is 441 Å². The van der Waals surface area contributed by atoms with Gasteiger partial charge in [-0.25, -0.2) is 0 Å². The van der Waals surface area contributed by atoms with Crippen molar-refractivity contribution in [1.29, 1.82) is 0 Å². The molecule has 0 heterocycles. The molecule has 6 nitrogen and oxygen atoms in total. The number of ether oxygens (including phenoxy) is 3. The molecular formula is C65H118O6. The Hall–Kier alpha value is -2.63. The highest BCUT2D eigenvalue weighted by Gasteiger charge is 2.19. The summed E-state index contributed by atoms with van der Waals surface area (Å²) in [7, 11) is 0. The van der Waals surface area contributed by atoms with Crippen LogP contribution in [0.5, 0.6) is 0 Å². The van der Waals surface area contributed by atoms with Gasteiger partial charge in [0.15, 0.2) is 6.10 Å². The number of rotatable bonds is 57. The molecule has 0 rings (SSSR count). The first kappa shape index (κ1) is 68.4. The summed E-state index contributed by atoms with van der Waals surface area (Å²) < 4.78 is 16.8. The number of allylic oxidation sites excluding steroid dienone is 8. The largest absolute Gasteiger partial charge is 0.462 e. The molecule has 6 heteroatoms. The van der Waals surface area contributed by atoms with Crippen molar-refractivity contribution in [1.82, 2.24) is 0 Å². The Kier molecular flexibility index (Phi) is 57.7. The first-order valence-corrected chi connectivity index (χ1v) is 31.1. The molecule has 0 bridgehead atoms. The van der Waals surface area contributed by atoms with Crippen LogP contribution in [0.1, 0.15) is 329 Å². The van der Waals surface area contributed by atoms with E-state index in [1.165, 1.54) is 205 Å². The molecular weight excluding hydrogens is 877 g/mol. The van der Waals surface area contributed by atoms with Crippen LogP contribution in [-0.4, -0.2) is 37.2 Å². The van der Waals surface area contributed by atoms with Crippen molar-refractivity contribution in [2.24, 2.45) is 0 Å². The van der Waals surface area contributed by atoms with Gasteiger partial charge in [0, 0.05) is 19.3 Å². The summed E-state index contributed by atoms with van der Waals surface area (Å²) in [5.41, 5.74) is 0. The summed E-state index contributed by atoms with van der Waals surface area (Å²) in [6.45, 7) is 6.51. The van der Waals surface area contributed by atoms with Crippen molar-refractivity contribution in [2.75, 3.05) is 13.2 Å². The van der Waals surface area contributed by atoms with Gasteiger partial charge in [0.25, 0.3) is 0 Å². The number of unbranched alkanes of at least 4 members (excludes halogenated alkanes) is 38. The van der Waals surface area contributed by atoms with Gasteiger partial charge < -0.3 is 14.2 Å². The maximum atomic E-state index is 12.8. The van der Waals surface area contributed by atoms with Crippen molar-refractivity contribution in [3.05, 3.63) is 48.6 Å². The summed E-state index contributed by atoms with van der Waals surface area (Å²) in [6, 6.07) is 0. The van der Waals surface area contributed by atoms with Crippen LogP contribution in [0.3, 0.4) is 0 Å². The lowest BCUT2D eigenvalue weighted by molar-refractivity contribution is -0.167. The predicted molar refractivity (Wildman–Crippen MR) is 307 cm³/mol. The number of carbonyl (C=O) groups excluding carboxylic acids is 3. The summed E-state index contributed by atoms with van der Waals surface area (Å²) in [5, 5.41) is 0. The van der Waals surface area contributed by atoms with E-state index < -0.39 is 6.10 Å². The van der Waals surface area contributed by atoms with Gasteiger partial charge in [-0.3, -0.25) is 14.4 Å². The molecule has 0 spiro atoms. The SMILES string of the molecule is CC/C=C\C/C=C\C/C=C\C/C=C\CCCCC(=O)OC(COC(=O)CCCCCCCCCCC)COC(=O)CCCCCCCCCCCCCCCCCCCCCCCCCCCCCCC. The minimum absolute atomic E-state index is 0.0859. The van der Waals surface area contributed by atoms with Gasteiger partial charge in [0.05, 0.1) is 0 Å². The van der Waals surface area contributed by atoms with Crippen LogP contribution in [0.4, 0.5) is 0 Å². The van der Waals surface area contributed by atoms with Crippen molar-refractivity contribution >= 4 is 17.9 Å². The molecule has 0 saturated carbocycles. The van der Waals surface area contributed by atoms with Crippen molar-refractivity contribution < 1.29 is 28.6 Å². The molecule has 0 aromatic carbocycles. The van der Waals surface area contributed by atoms with Gasteiger partial charge in [0.2, 0.25) is 0 Å². The molecule has 0 aliphatic rings. The smallest absolute Gasteiger partial charge is 0.306 e. The quantitative estimate of drug-likeness (QED) is 0.0261. The Morgan fingerprint density at radius 1 is 0.296 bits per heavy atom. The second kappa shape index (κ2) is 59.9. The lowest BCUT2D eigenvalue weighted by Gasteiger charge is -2.18. The van der Waals surface area contributed by atoms with Crippen LogP contribution in [0.2, 0.25) is 0 Å². The number of esters is 3. The maximum absolute atomic E-state index is 12.8. The van der Waals surface area contributed by atoms with Crippen LogP contribution >= 0.6 is 0 Å². The molecule has 414 valence electrons. The summed E-state index contributed by atoms with van der Waals surface area (Å²) in [4.78, 5) is 38.0. The first-order chi connectivity index (χ1) is 35.0. The Morgan fingerprint density at radius 2 is 0.549 bits per heavy atom. The Balaban J connectivity index is 4.10. The third kappa shape index (κ3) is 58.1. The monoisotopic (exact) mass is 995 g/mol. The zero-order chi connectivity index (χ0) is 51.4. The lowest BCUT2D eigenvalue weighted by Crippen LogP contribution is -2.30. The molecule has 1 unspecified atom stereocenters. The fourth-order valence-electron chi connectivity index (χ4n) is 9.20. The molecule has 0 fully saturated rings.